The van der Waals surface area contributed by atoms with Gasteiger partial charge in [-0.05, 0) is 49.9 Å². The van der Waals surface area contributed by atoms with Crippen molar-refractivity contribution in [2.45, 2.75) is 39.8 Å². The van der Waals surface area contributed by atoms with Crippen LogP contribution in [0.25, 0.3) is 10.4 Å². The van der Waals surface area contributed by atoms with Crippen molar-refractivity contribution in [3.63, 3.8) is 0 Å². The fourth-order valence-corrected chi connectivity index (χ4v) is 4.05. The highest BCUT2D eigenvalue weighted by Gasteiger charge is 2.18. The number of hydrogen-bond acceptors (Lipinski definition) is 2. The van der Waals surface area contributed by atoms with Gasteiger partial charge in [0.2, 0.25) is 0 Å². The second-order valence-corrected chi connectivity index (χ2v) is 6.50. The maximum absolute atomic E-state index is 3.53. The van der Waals surface area contributed by atoms with Crippen molar-refractivity contribution < 1.29 is 0 Å². The summed E-state index contributed by atoms with van der Waals surface area (Å²) in [7, 11) is 0. The lowest BCUT2D eigenvalue weighted by molar-refractivity contribution is 0.520. The monoisotopic (exact) mass is 257 g/mol. The van der Waals surface area contributed by atoms with Crippen LogP contribution in [0, 0.1) is 13.8 Å². The molecular formula is C16H19NS. The van der Waals surface area contributed by atoms with Crippen LogP contribution in [0.5, 0.6) is 0 Å². The van der Waals surface area contributed by atoms with Gasteiger partial charge in [-0.1, -0.05) is 23.8 Å². The van der Waals surface area contributed by atoms with Crippen LogP contribution in [0.1, 0.15) is 28.5 Å². The maximum Gasteiger partial charge on any atom is 0.0351 e. The summed E-state index contributed by atoms with van der Waals surface area (Å²) in [4.78, 5) is 2.99. The van der Waals surface area contributed by atoms with Gasteiger partial charge in [0, 0.05) is 22.3 Å². The molecule has 1 N–H and O–H groups in total. The van der Waals surface area contributed by atoms with E-state index in [0.717, 1.165) is 6.54 Å². The van der Waals surface area contributed by atoms with Gasteiger partial charge < -0.3 is 5.32 Å². The molecule has 0 saturated heterocycles. The molecule has 18 heavy (non-hydrogen) atoms. The summed E-state index contributed by atoms with van der Waals surface area (Å²) in [6, 6.07) is 9.73. The first-order chi connectivity index (χ1) is 8.63. The fourth-order valence-electron chi connectivity index (χ4n) is 2.65. The Labute approximate surface area is 113 Å². The van der Waals surface area contributed by atoms with E-state index in [9.17, 15) is 0 Å². The summed E-state index contributed by atoms with van der Waals surface area (Å²) in [6.07, 6.45) is 1.17. The molecule has 0 saturated carbocycles. The lowest BCUT2D eigenvalue weighted by Gasteiger charge is -2.19. The van der Waals surface area contributed by atoms with Crippen molar-refractivity contribution in [2.75, 3.05) is 0 Å². The molecule has 1 aromatic carbocycles. The Kier molecular flexibility index (Phi) is 3.00. The Morgan fingerprint density at radius 2 is 2.06 bits per heavy atom. The van der Waals surface area contributed by atoms with Crippen molar-refractivity contribution >= 4 is 11.3 Å². The van der Waals surface area contributed by atoms with Gasteiger partial charge in [0.15, 0.2) is 0 Å². The molecule has 94 valence electrons. The fraction of sp³-hybridized carbons (Fsp3) is 0.375. The van der Waals surface area contributed by atoms with Crippen molar-refractivity contribution in [3.05, 3.63) is 45.8 Å². The molecule has 0 aliphatic carbocycles. The first kappa shape index (κ1) is 11.9. The Morgan fingerprint density at radius 1 is 1.22 bits per heavy atom. The van der Waals surface area contributed by atoms with Crippen molar-refractivity contribution in [1.29, 1.82) is 0 Å². The summed E-state index contributed by atoms with van der Waals surface area (Å²) >= 11 is 1.97. The molecule has 3 rings (SSSR count). The lowest BCUT2D eigenvalue weighted by Crippen LogP contribution is -2.31. The van der Waals surface area contributed by atoms with E-state index in [1.165, 1.54) is 33.6 Å². The molecule has 1 nitrogen and oxygen atoms in total. The molecule has 2 aromatic rings. The highest BCUT2D eigenvalue weighted by molar-refractivity contribution is 7.15. The zero-order valence-corrected chi connectivity index (χ0v) is 12.0. The molecule has 1 aliphatic rings. The van der Waals surface area contributed by atoms with Gasteiger partial charge in [0.1, 0.15) is 0 Å². The molecule has 1 aromatic heterocycles. The third-order valence-corrected chi connectivity index (χ3v) is 4.91. The van der Waals surface area contributed by atoms with Gasteiger partial charge in [-0.15, -0.1) is 11.3 Å². The topological polar surface area (TPSA) is 12.0 Å². The third kappa shape index (κ3) is 2.11. The van der Waals surface area contributed by atoms with Crippen molar-refractivity contribution in [1.82, 2.24) is 5.32 Å². The quantitative estimate of drug-likeness (QED) is 0.812. The minimum atomic E-state index is 0.614. The number of hydrogen-bond donors (Lipinski definition) is 1. The first-order valence-electron chi connectivity index (χ1n) is 6.56. The van der Waals surface area contributed by atoms with Gasteiger partial charge in [0.25, 0.3) is 0 Å². The average molecular weight is 257 g/mol. The lowest BCUT2D eigenvalue weighted by atomic mass is 10.0. The zero-order chi connectivity index (χ0) is 12.7. The summed E-state index contributed by atoms with van der Waals surface area (Å²) < 4.78 is 0. The summed E-state index contributed by atoms with van der Waals surface area (Å²) in [5.74, 6) is 0. The summed E-state index contributed by atoms with van der Waals surface area (Å²) in [6.45, 7) is 7.65. The molecule has 0 bridgehead atoms. The minimum Gasteiger partial charge on any atom is -0.310 e. The Balaban J connectivity index is 2.02. The number of thiophene rings is 1. The molecule has 0 amide bonds. The second kappa shape index (κ2) is 4.52. The van der Waals surface area contributed by atoms with Crippen LogP contribution in [0.2, 0.25) is 0 Å². The molecule has 2 heterocycles. The van der Waals surface area contributed by atoms with Gasteiger partial charge in [-0.25, -0.2) is 0 Å². The van der Waals surface area contributed by atoms with E-state index < -0.39 is 0 Å². The Morgan fingerprint density at radius 3 is 2.83 bits per heavy atom. The van der Waals surface area contributed by atoms with Gasteiger partial charge in [0.05, 0.1) is 0 Å². The van der Waals surface area contributed by atoms with E-state index in [2.05, 4.69) is 50.4 Å². The van der Waals surface area contributed by atoms with Crippen LogP contribution in [0.4, 0.5) is 0 Å². The highest BCUT2D eigenvalue weighted by atomic mass is 32.1. The largest absolute Gasteiger partial charge is 0.310 e. The van der Waals surface area contributed by atoms with Crippen molar-refractivity contribution in [3.8, 4) is 10.4 Å². The summed E-state index contributed by atoms with van der Waals surface area (Å²) in [5, 5.41) is 3.53. The molecule has 1 aliphatic heterocycles. The smallest absolute Gasteiger partial charge is 0.0351 e. The normalized spacial score (nSPS) is 18.7. The van der Waals surface area contributed by atoms with Crippen molar-refractivity contribution in [2.24, 2.45) is 0 Å². The highest BCUT2D eigenvalue weighted by Crippen LogP contribution is 2.35. The molecule has 0 spiro atoms. The number of nitrogens with one attached hydrogen (secondary N) is 1. The second-order valence-electron chi connectivity index (χ2n) is 5.36. The van der Waals surface area contributed by atoms with Crippen LogP contribution in [-0.4, -0.2) is 6.04 Å². The standard InChI is InChI=1S/C16H19NS/c1-10-4-5-14(11(2)6-10)16-8-13-9-17-12(3)7-15(13)18-16/h4-6,8,12,17H,7,9H2,1-3H3. The van der Waals surface area contributed by atoms with Gasteiger partial charge in [-0.2, -0.15) is 0 Å². The van der Waals surface area contributed by atoms with Crippen LogP contribution in [0.15, 0.2) is 24.3 Å². The molecule has 2 heteroatoms. The van der Waals surface area contributed by atoms with E-state index in [1.807, 2.05) is 11.3 Å². The van der Waals surface area contributed by atoms with E-state index in [0.29, 0.717) is 6.04 Å². The summed E-state index contributed by atoms with van der Waals surface area (Å²) in [5.41, 5.74) is 5.61. The van der Waals surface area contributed by atoms with Crippen LogP contribution >= 0.6 is 11.3 Å². The SMILES string of the molecule is Cc1ccc(-c2cc3c(s2)CC(C)NC3)c(C)c1. The Hall–Kier alpha value is -1.12. The van der Waals surface area contributed by atoms with Crippen LogP contribution in [0.3, 0.4) is 0 Å². The first-order valence-corrected chi connectivity index (χ1v) is 7.38. The maximum atomic E-state index is 3.53. The average Bonchev–Trinajstić information content (AvgIpc) is 2.71. The predicted octanol–water partition coefficient (Wildman–Crippen LogP) is 4.07. The Bertz CT molecular complexity index is 583. The number of rotatable bonds is 1. The van der Waals surface area contributed by atoms with E-state index in [1.54, 1.807) is 4.88 Å². The van der Waals surface area contributed by atoms with Gasteiger partial charge in [-0.3, -0.25) is 0 Å². The third-order valence-electron chi connectivity index (χ3n) is 3.68. The van der Waals surface area contributed by atoms with E-state index in [4.69, 9.17) is 0 Å². The predicted molar refractivity (Wildman–Crippen MR) is 79.2 cm³/mol. The number of aryl methyl sites for hydroxylation is 2. The van der Waals surface area contributed by atoms with Crippen LogP contribution < -0.4 is 5.32 Å². The number of fused-ring (bicyclic) bond motifs is 1. The molecular weight excluding hydrogens is 238 g/mol. The molecule has 0 fully saturated rings. The molecule has 0 radical (unpaired) electrons. The van der Waals surface area contributed by atoms with Crippen LogP contribution in [-0.2, 0) is 13.0 Å². The van der Waals surface area contributed by atoms with E-state index in [-0.39, 0.29) is 0 Å². The minimum absolute atomic E-state index is 0.614. The molecule has 1 unspecified atom stereocenters. The van der Waals surface area contributed by atoms with Gasteiger partial charge >= 0.3 is 0 Å². The number of benzene rings is 1. The van der Waals surface area contributed by atoms with E-state index >= 15 is 0 Å². The zero-order valence-electron chi connectivity index (χ0n) is 11.2. The molecule has 1 atom stereocenters.